The summed E-state index contributed by atoms with van der Waals surface area (Å²) in [6, 6.07) is 11.8. The van der Waals surface area contributed by atoms with E-state index in [4.69, 9.17) is 0 Å². The fourth-order valence-electron chi connectivity index (χ4n) is 5.15. The van der Waals surface area contributed by atoms with Crippen LogP contribution in [0.3, 0.4) is 0 Å². The number of halogens is 1. The number of likely N-dealkylation sites (tertiary alicyclic amines) is 2. The summed E-state index contributed by atoms with van der Waals surface area (Å²) in [5.74, 6) is 0.788. The first-order chi connectivity index (χ1) is 17.1. The first-order valence-electron chi connectivity index (χ1n) is 11.8. The fraction of sp³-hybridized carbons (Fsp3) is 0.308. The Morgan fingerprint density at radius 1 is 0.914 bits per heavy atom. The van der Waals surface area contributed by atoms with Crippen LogP contribution in [0.15, 0.2) is 60.4 Å². The van der Waals surface area contributed by atoms with Crippen LogP contribution in [0.25, 0.3) is 16.7 Å². The lowest BCUT2D eigenvalue weighted by atomic mass is 9.79. The van der Waals surface area contributed by atoms with Gasteiger partial charge in [0.25, 0.3) is 11.8 Å². The van der Waals surface area contributed by atoms with Gasteiger partial charge in [0, 0.05) is 49.0 Å². The summed E-state index contributed by atoms with van der Waals surface area (Å²) < 4.78 is 15.1. The topological polar surface area (TPSA) is 71.3 Å². The normalized spacial score (nSPS) is 17.1. The van der Waals surface area contributed by atoms with Crippen LogP contribution < -0.4 is 0 Å². The monoisotopic (exact) mass is 489 g/mol. The van der Waals surface area contributed by atoms with Crippen molar-refractivity contribution in [2.45, 2.75) is 12.8 Å². The molecule has 0 aliphatic carbocycles. The van der Waals surface area contributed by atoms with E-state index in [2.05, 4.69) is 9.97 Å². The Bertz CT molecular complexity index is 1370. The minimum atomic E-state index is -0.284. The molecule has 0 spiro atoms. The third-order valence-electron chi connectivity index (χ3n) is 7.20. The number of hydrogen-bond donors (Lipinski definition) is 0. The molecular weight excluding hydrogens is 465 g/mol. The largest absolute Gasteiger partial charge is 0.338 e. The predicted molar refractivity (Wildman–Crippen MR) is 131 cm³/mol. The standard InChI is InChI=1S/C26H24FN5O2S/c27-20-2-4-21(5-3-20)32-16-29-22-13-18(1-6-23(22)32)25(33)31-14-19(15-31)17-7-10-30(11-8-17)26(34)24-28-9-12-35-24/h1-6,9,12-13,16-17,19H,7-8,10-11,14-15H2. The average Bonchev–Trinajstić information content (AvgIpc) is 3.54. The Hall–Kier alpha value is -3.59. The van der Waals surface area contributed by atoms with Gasteiger partial charge in [0.2, 0.25) is 0 Å². The molecule has 4 aromatic rings. The number of nitrogens with zero attached hydrogens (tertiary/aromatic N) is 5. The van der Waals surface area contributed by atoms with E-state index in [0.29, 0.717) is 22.4 Å². The Morgan fingerprint density at radius 3 is 2.40 bits per heavy atom. The van der Waals surface area contributed by atoms with Crippen LogP contribution in [0.1, 0.15) is 33.0 Å². The predicted octanol–water partition coefficient (Wildman–Crippen LogP) is 4.25. The summed E-state index contributed by atoms with van der Waals surface area (Å²) in [6.45, 7) is 3.01. The molecule has 9 heteroatoms. The number of aromatic nitrogens is 3. The molecule has 6 rings (SSSR count). The average molecular weight is 490 g/mol. The number of fused-ring (bicyclic) bond motifs is 1. The molecular formula is C26H24FN5O2S. The molecule has 0 atom stereocenters. The van der Waals surface area contributed by atoms with Crippen LogP contribution >= 0.6 is 11.3 Å². The van der Waals surface area contributed by atoms with E-state index in [-0.39, 0.29) is 17.6 Å². The Kier molecular flexibility index (Phi) is 5.56. The molecule has 0 bridgehead atoms. The lowest BCUT2D eigenvalue weighted by Crippen LogP contribution is -2.54. The van der Waals surface area contributed by atoms with E-state index in [1.54, 1.807) is 24.7 Å². The van der Waals surface area contributed by atoms with Crippen molar-refractivity contribution < 1.29 is 14.0 Å². The fourth-order valence-corrected chi connectivity index (χ4v) is 5.75. The van der Waals surface area contributed by atoms with E-state index >= 15 is 0 Å². The SMILES string of the molecule is O=C(c1ccc2c(c1)ncn2-c1ccc(F)cc1)N1CC(C2CCN(C(=O)c3nccs3)CC2)C1. The summed E-state index contributed by atoms with van der Waals surface area (Å²) in [5.41, 5.74) is 3.05. The van der Waals surface area contributed by atoms with Gasteiger partial charge in [0.1, 0.15) is 12.1 Å². The highest BCUT2D eigenvalue weighted by atomic mass is 32.1. The first kappa shape index (κ1) is 21.9. The molecule has 2 fully saturated rings. The molecule has 0 N–H and O–H groups in total. The van der Waals surface area contributed by atoms with E-state index in [1.807, 2.05) is 37.9 Å². The second kappa shape index (κ2) is 8.88. The molecule has 0 radical (unpaired) electrons. The highest BCUT2D eigenvalue weighted by Gasteiger charge is 2.38. The van der Waals surface area contributed by atoms with Gasteiger partial charge in [-0.25, -0.2) is 14.4 Å². The van der Waals surface area contributed by atoms with Crippen molar-refractivity contribution in [1.82, 2.24) is 24.3 Å². The summed E-state index contributed by atoms with van der Waals surface area (Å²) >= 11 is 1.38. The van der Waals surface area contributed by atoms with E-state index < -0.39 is 0 Å². The van der Waals surface area contributed by atoms with Crippen molar-refractivity contribution in [1.29, 1.82) is 0 Å². The maximum Gasteiger partial charge on any atom is 0.282 e. The van der Waals surface area contributed by atoms with E-state index in [1.165, 1.54) is 23.5 Å². The second-order valence-electron chi connectivity index (χ2n) is 9.23. The highest BCUT2D eigenvalue weighted by Crippen LogP contribution is 2.33. The Labute approximate surface area is 205 Å². The Morgan fingerprint density at radius 2 is 1.69 bits per heavy atom. The lowest BCUT2D eigenvalue weighted by molar-refractivity contribution is 0.0228. The molecule has 2 aliphatic rings. The molecule has 0 unspecified atom stereocenters. The number of thiazole rings is 1. The Balaban J connectivity index is 1.06. The van der Waals surface area contributed by atoms with Crippen LogP contribution in [0.5, 0.6) is 0 Å². The lowest BCUT2D eigenvalue weighted by Gasteiger charge is -2.46. The van der Waals surface area contributed by atoms with Crippen LogP contribution in [0, 0.1) is 17.7 Å². The number of piperidine rings is 1. The maximum absolute atomic E-state index is 13.3. The van der Waals surface area contributed by atoms with E-state index in [9.17, 15) is 14.0 Å². The molecule has 2 aromatic carbocycles. The van der Waals surface area contributed by atoms with Crippen molar-refractivity contribution >= 4 is 34.2 Å². The zero-order valence-electron chi connectivity index (χ0n) is 19.0. The van der Waals surface area contributed by atoms with Crippen LogP contribution in [-0.4, -0.2) is 62.3 Å². The third kappa shape index (κ3) is 4.10. The van der Waals surface area contributed by atoms with Gasteiger partial charge < -0.3 is 9.80 Å². The van der Waals surface area contributed by atoms with Crippen molar-refractivity contribution in [2.75, 3.05) is 26.2 Å². The smallest absolute Gasteiger partial charge is 0.282 e. The molecule has 2 amide bonds. The number of imidazole rings is 1. The van der Waals surface area contributed by atoms with Crippen LogP contribution in [-0.2, 0) is 0 Å². The van der Waals surface area contributed by atoms with Gasteiger partial charge in [-0.2, -0.15) is 0 Å². The number of rotatable bonds is 4. The van der Waals surface area contributed by atoms with Crippen LogP contribution in [0.4, 0.5) is 4.39 Å². The van der Waals surface area contributed by atoms with Gasteiger partial charge in [-0.05, 0) is 67.1 Å². The molecule has 0 saturated carbocycles. The maximum atomic E-state index is 13.3. The minimum Gasteiger partial charge on any atom is -0.338 e. The number of carbonyl (C=O) groups excluding carboxylic acids is 2. The molecule has 4 heterocycles. The minimum absolute atomic E-state index is 0.0239. The summed E-state index contributed by atoms with van der Waals surface area (Å²) in [4.78, 5) is 38.0. The zero-order chi connectivity index (χ0) is 23.9. The third-order valence-corrected chi connectivity index (χ3v) is 7.97. The molecule has 178 valence electrons. The van der Waals surface area contributed by atoms with Gasteiger partial charge in [-0.3, -0.25) is 14.2 Å². The van der Waals surface area contributed by atoms with Crippen molar-refractivity contribution in [3.8, 4) is 5.69 Å². The number of carbonyl (C=O) groups is 2. The molecule has 2 aliphatic heterocycles. The number of hydrogen-bond acceptors (Lipinski definition) is 5. The van der Waals surface area contributed by atoms with Gasteiger partial charge >= 0.3 is 0 Å². The van der Waals surface area contributed by atoms with E-state index in [0.717, 1.165) is 55.7 Å². The van der Waals surface area contributed by atoms with Gasteiger partial charge in [0.15, 0.2) is 5.01 Å². The number of amides is 2. The van der Waals surface area contributed by atoms with Crippen molar-refractivity contribution in [3.63, 3.8) is 0 Å². The van der Waals surface area contributed by atoms with Gasteiger partial charge in [-0.1, -0.05) is 0 Å². The van der Waals surface area contributed by atoms with Crippen molar-refractivity contribution in [3.05, 3.63) is 76.8 Å². The highest BCUT2D eigenvalue weighted by molar-refractivity contribution is 7.11. The van der Waals surface area contributed by atoms with Gasteiger partial charge in [-0.15, -0.1) is 11.3 Å². The van der Waals surface area contributed by atoms with Crippen LogP contribution in [0.2, 0.25) is 0 Å². The summed E-state index contributed by atoms with van der Waals surface area (Å²) in [5, 5.41) is 2.39. The second-order valence-corrected chi connectivity index (χ2v) is 10.1. The summed E-state index contributed by atoms with van der Waals surface area (Å²) in [7, 11) is 0. The molecule has 2 saturated heterocycles. The van der Waals surface area contributed by atoms with Gasteiger partial charge in [0.05, 0.1) is 11.0 Å². The first-order valence-corrected chi connectivity index (χ1v) is 12.7. The zero-order valence-corrected chi connectivity index (χ0v) is 19.8. The molecule has 35 heavy (non-hydrogen) atoms. The summed E-state index contributed by atoms with van der Waals surface area (Å²) in [6.07, 6.45) is 5.30. The molecule has 2 aromatic heterocycles. The number of benzene rings is 2. The molecule has 7 nitrogen and oxygen atoms in total. The van der Waals surface area contributed by atoms with Crippen molar-refractivity contribution in [2.24, 2.45) is 11.8 Å². The quantitative estimate of drug-likeness (QED) is 0.430.